The first-order valence-electron chi connectivity index (χ1n) is 3.86. The van der Waals surface area contributed by atoms with Gasteiger partial charge in [-0.15, -0.1) is 0 Å². The van der Waals surface area contributed by atoms with Crippen molar-refractivity contribution in [1.29, 1.82) is 0 Å². The quantitative estimate of drug-likeness (QED) is 0.590. The predicted octanol–water partition coefficient (Wildman–Crippen LogP) is 0.659. The zero-order chi connectivity index (χ0) is 9.52. The summed E-state index contributed by atoms with van der Waals surface area (Å²) in [6, 6.07) is 0. The third-order valence-corrected chi connectivity index (χ3v) is 2.73. The Kier molecular flexibility index (Phi) is 1.86. The lowest BCUT2D eigenvalue weighted by molar-refractivity contribution is -0.170. The van der Waals surface area contributed by atoms with Crippen LogP contribution in [0.15, 0.2) is 0 Å². The minimum absolute atomic E-state index is 0.275. The third-order valence-electron chi connectivity index (χ3n) is 2.73. The van der Waals surface area contributed by atoms with Gasteiger partial charge in [0.2, 0.25) is 5.60 Å². The van der Waals surface area contributed by atoms with Gasteiger partial charge in [0.25, 0.3) is 0 Å². The third kappa shape index (κ3) is 0.983. The zero-order valence-corrected chi connectivity index (χ0v) is 7.33. The molecule has 1 aliphatic rings. The molecule has 12 heavy (non-hydrogen) atoms. The second-order valence-electron chi connectivity index (χ2n) is 3.41. The molecular weight excluding hydrogens is 160 g/mol. The molecule has 3 atom stereocenters. The Morgan fingerprint density at radius 3 is 2.25 bits per heavy atom. The van der Waals surface area contributed by atoms with E-state index in [0.717, 1.165) is 0 Å². The SMILES string of the molecule is C[C@@H]1C(=O)O[C@@](C)(C(=O)O)[C@H]1C. The average molecular weight is 172 g/mol. The Morgan fingerprint density at radius 2 is 2.08 bits per heavy atom. The molecule has 1 aliphatic heterocycles. The summed E-state index contributed by atoms with van der Waals surface area (Å²) in [7, 11) is 0. The van der Waals surface area contributed by atoms with Crippen molar-refractivity contribution in [2.45, 2.75) is 26.4 Å². The van der Waals surface area contributed by atoms with E-state index in [4.69, 9.17) is 9.84 Å². The van der Waals surface area contributed by atoms with Crippen molar-refractivity contribution >= 4 is 11.9 Å². The molecule has 0 unspecified atom stereocenters. The van der Waals surface area contributed by atoms with Crippen LogP contribution in [0.25, 0.3) is 0 Å². The second-order valence-corrected chi connectivity index (χ2v) is 3.41. The Hall–Kier alpha value is -1.06. The first kappa shape index (κ1) is 9.03. The van der Waals surface area contributed by atoms with Gasteiger partial charge in [-0.25, -0.2) is 4.79 Å². The number of carbonyl (C=O) groups is 2. The number of ether oxygens (including phenoxy) is 1. The lowest BCUT2D eigenvalue weighted by Crippen LogP contribution is -2.40. The normalized spacial score (nSPS) is 41.1. The molecule has 1 fully saturated rings. The molecule has 1 N–H and O–H groups in total. The van der Waals surface area contributed by atoms with Crippen molar-refractivity contribution < 1.29 is 19.4 Å². The Bertz CT molecular complexity index is 233. The number of hydrogen-bond donors (Lipinski definition) is 1. The summed E-state index contributed by atoms with van der Waals surface area (Å²) >= 11 is 0. The molecule has 0 aromatic carbocycles. The van der Waals surface area contributed by atoms with Gasteiger partial charge in [-0.2, -0.15) is 0 Å². The van der Waals surface area contributed by atoms with Gasteiger partial charge in [0.05, 0.1) is 5.92 Å². The van der Waals surface area contributed by atoms with Gasteiger partial charge >= 0.3 is 11.9 Å². The highest BCUT2D eigenvalue weighted by molar-refractivity contribution is 5.87. The van der Waals surface area contributed by atoms with Crippen LogP contribution >= 0.6 is 0 Å². The van der Waals surface area contributed by atoms with E-state index >= 15 is 0 Å². The van der Waals surface area contributed by atoms with Crippen molar-refractivity contribution in [2.75, 3.05) is 0 Å². The molecule has 0 bridgehead atoms. The van der Waals surface area contributed by atoms with Gasteiger partial charge < -0.3 is 9.84 Å². The summed E-state index contributed by atoms with van der Waals surface area (Å²) in [5.74, 6) is -2.10. The fourth-order valence-electron chi connectivity index (χ4n) is 1.31. The van der Waals surface area contributed by atoms with Crippen LogP contribution in [0, 0.1) is 11.8 Å². The zero-order valence-electron chi connectivity index (χ0n) is 7.33. The maximum atomic E-state index is 11.0. The smallest absolute Gasteiger partial charge is 0.348 e. The van der Waals surface area contributed by atoms with Gasteiger partial charge in [0.15, 0.2) is 0 Å². The molecule has 1 heterocycles. The fourth-order valence-corrected chi connectivity index (χ4v) is 1.31. The van der Waals surface area contributed by atoms with E-state index in [-0.39, 0.29) is 11.8 Å². The first-order valence-corrected chi connectivity index (χ1v) is 3.86. The number of carboxylic acids is 1. The minimum Gasteiger partial charge on any atom is -0.478 e. The standard InChI is InChI=1S/C8H12O4/c1-4-5(2)8(3,7(10)11)12-6(4)9/h4-5H,1-3H3,(H,10,11)/t4-,5-,8+/m0/s1. The number of aliphatic carboxylic acids is 1. The topological polar surface area (TPSA) is 63.6 Å². The highest BCUT2D eigenvalue weighted by atomic mass is 16.6. The average Bonchev–Trinajstić information content (AvgIpc) is 2.17. The van der Waals surface area contributed by atoms with Crippen molar-refractivity contribution in [3.05, 3.63) is 0 Å². The monoisotopic (exact) mass is 172 g/mol. The Morgan fingerprint density at radius 1 is 1.58 bits per heavy atom. The van der Waals surface area contributed by atoms with E-state index in [2.05, 4.69) is 0 Å². The van der Waals surface area contributed by atoms with Crippen LogP contribution in [-0.2, 0) is 14.3 Å². The summed E-state index contributed by atoms with van der Waals surface area (Å²) in [6.45, 7) is 4.83. The van der Waals surface area contributed by atoms with E-state index in [9.17, 15) is 9.59 Å². The molecule has 0 aromatic rings. The number of carboxylic acid groups (broad SMARTS) is 1. The summed E-state index contributed by atoms with van der Waals surface area (Å²) in [4.78, 5) is 21.8. The molecule has 0 amide bonds. The molecule has 1 rings (SSSR count). The lowest BCUT2D eigenvalue weighted by atomic mass is 9.85. The van der Waals surface area contributed by atoms with Crippen LogP contribution in [0.4, 0.5) is 0 Å². The number of cyclic esters (lactones) is 1. The lowest BCUT2D eigenvalue weighted by Gasteiger charge is -2.22. The molecule has 0 radical (unpaired) electrons. The predicted molar refractivity (Wildman–Crippen MR) is 40.5 cm³/mol. The first-order chi connectivity index (χ1) is 5.39. The van der Waals surface area contributed by atoms with Gasteiger partial charge in [0, 0.05) is 5.92 Å². The number of carbonyl (C=O) groups excluding carboxylic acids is 1. The summed E-state index contributed by atoms with van der Waals surface area (Å²) in [6.07, 6.45) is 0. The maximum absolute atomic E-state index is 11.0. The molecule has 0 saturated carbocycles. The van der Waals surface area contributed by atoms with Crippen LogP contribution in [0.5, 0.6) is 0 Å². The van der Waals surface area contributed by atoms with E-state index in [1.165, 1.54) is 6.92 Å². The maximum Gasteiger partial charge on any atom is 0.348 e. The second kappa shape index (κ2) is 2.47. The number of rotatable bonds is 1. The molecule has 0 aromatic heterocycles. The van der Waals surface area contributed by atoms with Crippen molar-refractivity contribution in [2.24, 2.45) is 11.8 Å². The van der Waals surface area contributed by atoms with Gasteiger partial charge in [-0.3, -0.25) is 4.79 Å². The minimum atomic E-state index is -1.34. The van der Waals surface area contributed by atoms with E-state index < -0.39 is 17.5 Å². The summed E-state index contributed by atoms with van der Waals surface area (Å²) in [5.41, 5.74) is -1.34. The van der Waals surface area contributed by atoms with Crippen molar-refractivity contribution in [3.63, 3.8) is 0 Å². The molecule has 0 aliphatic carbocycles. The summed E-state index contributed by atoms with van der Waals surface area (Å²) < 4.78 is 4.80. The van der Waals surface area contributed by atoms with Crippen LogP contribution in [0.3, 0.4) is 0 Å². The summed E-state index contributed by atoms with van der Waals surface area (Å²) in [5, 5.41) is 8.80. The van der Waals surface area contributed by atoms with Gasteiger partial charge in [-0.1, -0.05) is 13.8 Å². The highest BCUT2D eigenvalue weighted by Crippen LogP contribution is 2.36. The molecule has 68 valence electrons. The van der Waals surface area contributed by atoms with E-state index in [1.807, 2.05) is 0 Å². The molecule has 4 heteroatoms. The fraction of sp³-hybridized carbons (Fsp3) is 0.750. The number of hydrogen-bond acceptors (Lipinski definition) is 3. The molecular formula is C8H12O4. The van der Waals surface area contributed by atoms with Crippen LogP contribution in [-0.4, -0.2) is 22.6 Å². The molecule has 4 nitrogen and oxygen atoms in total. The van der Waals surface area contributed by atoms with E-state index in [0.29, 0.717) is 0 Å². The molecule has 0 spiro atoms. The van der Waals surface area contributed by atoms with Crippen LogP contribution in [0.2, 0.25) is 0 Å². The van der Waals surface area contributed by atoms with Gasteiger partial charge in [0.1, 0.15) is 0 Å². The van der Waals surface area contributed by atoms with Crippen LogP contribution < -0.4 is 0 Å². The molecule has 1 saturated heterocycles. The Labute approximate surface area is 70.5 Å². The van der Waals surface area contributed by atoms with E-state index in [1.54, 1.807) is 13.8 Å². The van der Waals surface area contributed by atoms with Crippen molar-refractivity contribution in [1.82, 2.24) is 0 Å². The van der Waals surface area contributed by atoms with Gasteiger partial charge in [-0.05, 0) is 6.92 Å². The highest BCUT2D eigenvalue weighted by Gasteiger charge is 2.53. The van der Waals surface area contributed by atoms with Crippen molar-refractivity contribution in [3.8, 4) is 0 Å². The Balaban J connectivity index is 2.97. The van der Waals surface area contributed by atoms with Crippen LogP contribution in [0.1, 0.15) is 20.8 Å². The largest absolute Gasteiger partial charge is 0.478 e. The number of esters is 1.